The van der Waals surface area contributed by atoms with Crippen molar-refractivity contribution in [3.8, 4) is 11.8 Å². The molecule has 2 unspecified atom stereocenters. The molecule has 4 nitrogen and oxygen atoms in total. The second-order valence-electron chi connectivity index (χ2n) is 4.77. The molecule has 0 spiro atoms. The number of para-hydroxylation sites is 1. The monoisotopic (exact) mass is 258 g/mol. The maximum absolute atomic E-state index is 11.8. The molecule has 0 saturated carbocycles. The van der Waals surface area contributed by atoms with Crippen LogP contribution in [0.15, 0.2) is 24.3 Å². The van der Waals surface area contributed by atoms with Crippen molar-refractivity contribution in [1.82, 2.24) is 5.32 Å². The van der Waals surface area contributed by atoms with Crippen LogP contribution in [0.5, 0.6) is 5.75 Å². The van der Waals surface area contributed by atoms with Crippen LogP contribution in [-0.4, -0.2) is 18.6 Å². The van der Waals surface area contributed by atoms with Gasteiger partial charge in [-0.15, -0.1) is 0 Å². The number of fused-ring (bicyclic) bond motifs is 1. The average Bonchev–Trinajstić information content (AvgIpc) is 2.85. The van der Waals surface area contributed by atoms with E-state index >= 15 is 0 Å². The molecule has 1 N–H and O–H groups in total. The SMILES string of the molecule is CCCC(C#N)C(=O)NCC1Cc2ccccc2O1. The van der Waals surface area contributed by atoms with E-state index in [1.165, 1.54) is 5.56 Å². The van der Waals surface area contributed by atoms with Gasteiger partial charge in [-0.05, 0) is 18.1 Å². The third-order valence-corrected chi connectivity index (χ3v) is 3.27. The van der Waals surface area contributed by atoms with Gasteiger partial charge in [-0.2, -0.15) is 5.26 Å². The Kier molecular flexibility index (Phi) is 4.40. The molecule has 1 amide bonds. The van der Waals surface area contributed by atoms with Crippen molar-refractivity contribution in [2.75, 3.05) is 6.54 Å². The Hall–Kier alpha value is -2.02. The first kappa shape index (κ1) is 13.4. The molecule has 0 bridgehead atoms. The van der Waals surface area contributed by atoms with Crippen LogP contribution in [-0.2, 0) is 11.2 Å². The van der Waals surface area contributed by atoms with Gasteiger partial charge in [0, 0.05) is 6.42 Å². The number of hydrogen-bond donors (Lipinski definition) is 1. The fourth-order valence-electron chi connectivity index (χ4n) is 2.25. The number of nitrogens with one attached hydrogen (secondary N) is 1. The van der Waals surface area contributed by atoms with Gasteiger partial charge in [0.2, 0.25) is 5.91 Å². The number of nitriles is 1. The van der Waals surface area contributed by atoms with Gasteiger partial charge in [0.05, 0.1) is 12.6 Å². The predicted octanol–water partition coefficient (Wildman–Crippen LogP) is 2.05. The molecule has 1 aliphatic heterocycles. The minimum absolute atomic E-state index is 0.0256. The summed E-state index contributed by atoms with van der Waals surface area (Å²) in [5.41, 5.74) is 1.17. The van der Waals surface area contributed by atoms with E-state index in [4.69, 9.17) is 10.00 Å². The van der Waals surface area contributed by atoms with E-state index in [1.807, 2.05) is 37.3 Å². The van der Waals surface area contributed by atoms with Gasteiger partial charge in [0.25, 0.3) is 0 Å². The van der Waals surface area contributed by atoms with E-state index < -0.39 is 5.92 Å². The normalized spacial score (nSPS) is 18.0. The van der Waals surface area contributed by atoms with Crippen LogP contribution < -0.4 is 10.1 Å². The van der Waals surface area contributed by atoms with Crippen LogP contribution >= 0.6 is 0 Å². The molecule has 2 rings (SSSR count). The van der Waals surface area contributed by atoms with E-state index in [9.17, 15) is 4.79 Å². The standard InChI is InChI=1S/C15H18N2O2/c1-2-5-12(9-16)15(18)17-10-13-8-11-6-3-4-7-14(11)19-13/h3-4,6-7,12-13H,2,5,8,10H2,1H3,(H,17,18). The zero-order chi connectivity index (χ0) is 13.7. The molecule has 0 fully saturated rings. The summed E-state index contributed by atoms with van der Waals surface area (Å²) >= 11 is 0. The van der Waals surface area contributed by atoms with Gasteiger partial charge in [0.15, 0.2) is 0 Å². The van der Waals surface area contributed by atoms with E-state index in [1.54, 1.807) is 0 Å². The Morgan fingerprint density at radius 1 is 1.58 bits per heavy atom. The van der Waals surface area contributed by atoms with Gasteiger partial charge in [-0.3, -0.25) is 4.79 Å². The van der Waals surface area contributed by atoms with E-state index in [0.29, 0.717) is 13.0 Å². The molecule has 4 heteroatoms. The second kappa shape index (κ2) is 6.24. The highest BCUT2D eigenvalue weighted by Crippen LogP contribution is 2.27. The lowest BCUT2D eigenvalue weighted by Gasteiger charge is -2.13. The molecular weight excluding hydrogens is 240 g/mol. The third kappa shape index (κ3) is 3.25. The first-order valence-electron chi connectivity index (χ1n) is 6.66. The summed E-state index contributed by atoms with van der Waals surface area (Å²) in [6, 6.07) is 9.93. The lowest BCUT2D eigenvalue weighted by molar-refractivity contribution is -0.123. The number of nitrogens with zero attached hydrogens (tertiary/aromatic N) is 1. The Morgan fingerprint density at radius 2 is 2.37 bits per heavy atom. The Labute approximate surface area is 113 Å². The maximum Gasteiger partial charge on any atom is 0.237 e. The first-order chi connectivity index (χ1) is 9.24. The van der Waals surface area contributed by atoms with Crippen LogP contribution in [0.2, 0.25) is 0 Å². The topological polar surface area (TPSA) is 62.1 Å². The summed E-state index contributed by atoms with van der Waals surface area (Å²) in [5, 5.41) is 11.7. The highest BCUT2D eigenvalue weighted by Gasteiger charge is 2.24. The zero-order valence-electron chi connectivity index (χ0n) is 11.1. The molecule has 100 valence electrons. The first-order valence-corrected chi connectivity index (χ1v) is 6.66. The molecule has 0 saturated heterocycles. The van der Waals surface area contributed by atoms with Crippen LogP contribution in [0, 0.1) is 17.2 Å². The summed E-state index contributed by atoms with van der Waals surface area (Å²) in [5.74, 6) is 0.157. The summed E-state index contributed by atoms with van der Waals surface area (Å²) in [4.78, 5) is 11.8. The molecule has 2 atom stereocenters. The number of carbonyl (C=O) groups is 1. The van der Waals surface area contributed by atoms with Crippen LogP contribution in [0.1, 0.15) is 25.3 Å². The van der Waals surface area contributed by atoms with Crippen molar-refractivity contribution in [1.29, 1.82) is 5.26 Å². The summed E-state index contributed by atoms with van der Waals surface area (Å²) in [7, 11) is 0. The van der Waals surface area contributed by atoms with Crippen LogP contribution in [0.4, 0.5) is 0 Å². The Balaban J connectivity index is 1.82. The van der Waals surface area contributed by atoms with Crippen molar-refractivity contribution in [3.05, 3.63) is 29.8 Å². The molecule has 1 heterocycles. The lowest BCUT2D eigenvalue weighted by atomic mass is 10.0. The molecule has 1 aliphatic rings. The molecule has 0 aliphatic carbocycles. The van der Waals surface area contributed by atoms with E-state index in [0.717, 1.165) is 18.6 Å². The van der Waals surface area contributed by atoms with Gasteiger partial charge in [0.1, 0.15) is 17.8 Å². The Morgan fingerprint density at radius 3 is 3.05 bits per heavy atom. The van der Waals surface area contributed by atoms with Gasteiger partial charge >= 0.3 is 0 Å². The van der Waals surface area contributed by atoms with Crippen molar-refractivity contribution in [2.45, 2.75) is 32.3 Å². The number of amides is 1. The van der Waals surface area contributed by atoms with E-state index in [2.05, 4.69) is 5.32 Å². The molecular formula is C15H18N2O2. The fourth-order valence-corrected chi connectivity index (χ4v) is 2.25. The van der Waals surface area contributed by atoms with Gasteiger partial charge in [-0.25, -0.2) is 0 Å². The highest BCUT2D eigenvalue weighted by molar-refractivity contribution is 5.81. The number of ether oxygens (including phenoxy) is 1. The number of benzene rings is 1. The highest BCUT2D eigenvalue weighted by atomic mass is 16.5. The molecule has 1 aromatic rings. The molecule has 1 aromatic carbocycles. The summed E-state index contributed by atoms with van der Waals surface area (Å²) < 4.78 is 5.73. The fraction of sp³-hybridized carbons (Fsp3) is 0.467. The van der Waals surface area contributed by atoms with Crippen molar-refractivity contribution in [3.63, 3.8) is 0 Å². The number of rotatable bonds is 5. The van der Waals surface area contributed by atoms with Gasteiger partial charge in [-0.1, -0.05) is 31.5 Å². The minimum atomic E-state index is -0.547. The van der Waals surface area contributed by atoms with Crippen LogP contribution in [0.25, 0.3) is 0 Å². The van der Waals surface area contributed by atoms with Gasteiger partial charge < -0.3 is 10.1 Å². The zero-order valence-corrected chi connectivity index (χ0v) is 11.1. The lowest BCUT2D eigenvalue weighted by Crippen LogP contribution is -2.37. The van der Waals surface area contributed by atoms with Crippen molar-refractivity contribution < 1.29 is 9.53 Å². The predicted molar refractivity (Wildman–Crippen MR) is 71.6 cm³/mol. The smallest absolute Gasteiger partial charge is 0.237 e. The van der Waals surface area contributed by atoms with Crippen LogP contribution in [0.3, 0.4) is 0 Å². The minimum Gasteiger partial charge on any atom is -0.488 e. The maximum atomic E-state index is 11.8. The molecule has 0 radical (unpaired) electrons. The summed E-state index contributed by atoms with van der Waals surface area (Å²) in [6.45, 7) is 2.42. The van der Waals surface area contributed by atoms with E-state index in [-0.39, 0.29) is 12.0 Å². The second-order valence-corrected chi connectivity index (χ2v) is 4.77. The third-order valence-electron chi connectivity index (χ3n) is 3.27. The Bertz CT molecular complexity index is 468. The number of carbonyl (C=O) groups excluding carboxylic acids is 1. The van der Waals surface area contributed by atoms with Crippen molar-refractivity contribution in [2.24, 2.45) is 5.92 Å². The van der Waals surface area contributed by atoms with Crippen molar-refractivity contribution >= 4 is 5.91 Å². The molecule has 19 heavy (non-hydrogen) atoms. The average molecular weight is 258 g/mol. The summed E-state index contributed by atoms with van der Waals surface area (Å²) in [6.07, 6.45) is 2.22. The largest absolute Gasteiger partial charge is 0.488 e. The molecule has 0 aromatic heterocycles. The number of hydrogen-bond acceptors (Lipinski definition) is 3. The quantitative estimate of drug-likeness (QED) is 0.879.